The predicted octanol–water partition coefficient (Wildman–Crippen LogP) is 3.14. The molecule has 0 radical (unpaired) electrons. The van der Waals surface area contributed by atoms with Crippen LogP contribution < -0.4 is 5.32 Å². The van der Waals surface area contributed by atoms with Gasteiger partial charge in [-0.05, 0) is 32.2 Å². The first-order valence-electron chi connectivity index (χ1n) is 6.78. The maximum absolute atomic E-state index is 13.6. The number of nitrogens with one attached hydrogen (secondary N) is 1. The largest absolute Gasteiger partial charge is 0.377 e. The van der Waals surface area contributed by atoms with Crippen LogP contribution >= 0.6 is 0 Å². The van der Waals surface area contributed by atoms with Crippen LogP contribution in [0.3, 0.4) is 0 Å². The van der Waals surface area contributed by atoms with Gasteiger partial charge in [-0.25, -0.2) is 13.2 Å². The Hall–Kier alpha value is -1.23. The smallest absolute Gasteiger partial charge is 0.152 e. The summed E-state index contributed by atoms with van der Waals surface area (Å²) >= 11 is 0. The second-order valence-electron chi connectivity index (χ2n) is 5.44. The van der Waals surface area contributed by atoms with E-state index in [4.69, 9.17) is 0 Å². The monoisotopic (exact) mass is 270 g/mol. The van der Waals surface area contributed by atoms with E-state index in [1.54, 1.807) is 0 Å². The maximum Gasteiger partial charge on any atom is 0.152 e. The Bertz CT molecular complexity index is 455. The van der Waals surface area contributed by atoms with Crippen molar-refractivity contribution in [2.75, 3.05) is 18.4 Å². The quantitative estimate of drug-likeness (QED) is 0.888. The fraction of sp³-hybridized carbons (Fsp3) is 0.571. The van der Waals surface area contributed by atoms with Crippen molar-refractivity contribution in [2.45, 2.75) is 37.8 Å². The topological polar surface area (TPSA) is 15.3 Å². The molecule has 2 fully saturated rings. The molecular formula is C14H17F3N2. The first-order chi connectivity index (χ1) is 9.13. The van der Waals surface area contributed by atoms with E-state index in [-0.39, 0.29) is 11.7 Å². The van der Waals surface area contributed by atoms with E-state index in [0.717, 1.165) is 44.5 Å². The zero-order valence-corrected chi connectivity index (χ0v) is 10.6. The third-order valence-electron chi connectivity index (χ3n) is 4.18. The number of hydrogen-bond donors (Lipinski definition) is 1. The summed E-state index contributed by atoms with van der Waals surface area (Å²) in [7, 11) is 0. The molecule has 0 bridgehead atoms. The predicted molar refractivity (Wildman–Crippen MR) is 67.6 cm³/mol. The van der Waals surface area contributed by atoms with Crippen molar-refractivity contribution in [3.8, 4) is 0 Å². The van der Waals surface area contributed by atoms with Crippen molar-refractivity contribution in [2.24, 2.45) is 0 Å². The van der Waals surface area contributed by atoms with Crippen molar-refractivity contribution in [1.82, 2.24) is 4.90 Å². The SMILES string of the molecule is Fc1cc(F)c(NC2CCN3CCCC3C2)c(F)c1. The number of fused-ring (bicyclic) bond motifs is 1. The summed E-state index contributed by atoms with van der Waals surface area (Å²) in [4.78, 5) is 2.44. The van der Waals surface area contributed by atoms with Crippen molar-refractivity contribution in [3.05, 3.63) is 29.6 Å². The Morgan fingerprint density at radius 2 is 1.79 bits per heavy atom. The second-order valence-corrected chi connectivity index (χ2v) is 5.44. The van der Waals surface area contributed by atoms with Crippen molar-refractivity contribution >= 4 is 5.69 Å². The van der Waals surface area contributed by atoms with E-state index in [0.29, 0.717) is 6.04 Å². The average molecular weight is 270 g/mol. The minimum absolute atomic E-state index is 0.0637. The molecule has 1 aromatic carbocycles. The highest BCUT2D eigenvalue weighted by Crippen LogP contribution is 2.30. The van der Waals surface area contributed by atoms with Gasteiger partial charge in [0.2, 0.25) is 0 Å². The first kappa shape index (κ1) is 12.8. The Labute approximate surface area is 110 Å². The fourth-order valence-corrected chi connectivity index (χ4v) is 3.24. The Morgan fingerprint density at radius 3 is 2.53 bits per heavy atom. The molecule has 2 aliphatic heterocycles. The van der Waals surface area contributed by atoms with Gasteiger partial charge >= 0.3 is 0 Å². The molecule has 2 atom stereocenters. The highest BCUT2D eigenvalue weighted by molar-refractivity contribution is 5.47. The van der Waals surface area contributed by atoms with E-state index in [9.17, 15) is 13.2 Å². The first-order valence-corrected chi connectivity index (χ1v) is 6.78. The molecule has 0 spiro atoms. The van der Waals surface area contributed by atoms with Gasteiger partial charge in [-0.2, -0.15) is 0 Å². The molecule has 2 unspecified atom stereocenters. The second kappa shape index (κ2) is 5.04. The van der Waals surface area contributed by atoms with Gasteiger partial charge < -0.3 is 10.2 Å². The normalized spacial score (nSPS) is 27.3. The number of piperidine rings is 1. The molecule has 0 saturated carbocycles. The lowest BCUT2D eigenvalue weighted by Gasteiger charge is -2.35. The van der Waals surface area contributed by atoms with Gasteiger partial charge in [-0.3, -0.25) is 0 Å². The summed E-state index contributed by atoms with van der Waals surface area (Å²) in [6.07, 6.45) is 4.13. The number of hydrogen-bond acceptors (Lipinski definition) is 2. The molecule has 19 heavy (non-hydrogen) atoms. The maximum atomic E-state index is 13.6. The minimum atomic E-state index is -0.883. The van der Waals surface area contributed by atoms with Gasteiger partial charge in [0, 0.05) is 30.8 Å². The lowest BCUT2D eigenvalue weighted by atomic mass is 9.97. The van der Waals surface area contributed by atoms with Crippen LogP contribution in [0, 0.1) is 17.5 Å². The highest BCUT2D eigenvalue weighted by atomic mass is 19.1. The molecule has 2 heterocycles. The molecule has 1 aromatic rings. The molecule has 2 nitrogen and oxygen atoms in total. The third kappa shape index (κ3) is 2.56. The van der Waals surface area contributed by atoms with Crippen LogP contribution in [0.5, 0.6) is 0 Å². The van der Waals surface area contributed by atoms with Crippen LogP contribution in [0.1, 0.15) is 25.7 Å². The van der Waals surface area contributed by atoms with Crippen molar-refractivity contribution in [1.29, 1.82) is 0 Å². The zero-order chi connectivity index (χ0) is 13.4. The van der Waals surface area contributed by atoms with E-state index in [2.05, 4.69) is 10.2 Å². The molecule has 2 aliphatic rings. The molecule has 1 N–H and O–H groups in total. The molecule has 104 valence electrons. The van der Waals surface area contributed by atoms with Gasteiger partial charge in [-0.1, -0.05) is 0 Å². The number of benzene rings is 1. The summed E-state index contributed by atoms with van der Waals surface area (Å²) in [6.45, 7) is 2.10. The lowest BCUT2D eigenvalue weighted by Crippen LogP contribution is -2.43. The molecule has 0 amide bonds. The Balaban J connectivity index is 1.72. The number of nitrogens with zero attached hydrogens (tertiary/aromatic N) is 1. The minimum Gasteiger partial charge on any atom is -0.377 e. The summed E-state index contributed by atoms with van der Waals surface area (Å²) in [6, 6.07) is 2.03. The third-order valence-corrected chi connectivity index (χ3v) is 4.18. The molecule has 2 saturated heterocycles. The van der Waals surface area contributed by atoms with Crippen LogP contribution in [0.15, 0.2) is 12.1 Å². The van der Waals surface area contributed by atoms with E-state index >= 15 is 0 Å². The van der Waals surface area contributed by atoms with E-state index in [1.165, 1.54) is 6.42 Å². The summed E-state index contributed by atoms with van der Waals surface area (Å²) in [5.74, 6) is -2.59. The zero-order valence-electron chi connectivity index (χ0n) is 10.6. The molecule has 5 heteroatoms. The highest BCUT2D eigenvalue weighted by Gasteiger charge is 2.32. The number of anilines is 1. The van der Waals surface area contributed by atoms with Crippen LogP contribution in [0.2, 0.25) is 0 Å². The Kier molecular flexibility index (Phi) is 3.39. The summed E-state index contributed by atoms with van der Waals surface area (Å²) in [5.41, 5.74) is -0.196. The molecular weight excluding hydrogens is 253 g/mol. The lowest BCUT2D eigenvalue weighted by molar-refractivity contribution is 0.187. The van der Waals surface area contributed by atoms with Gasteiger partial charge in [0.25, 0.3) is 0 Å². The van der Waals surface area contributed by atoms with Gasteiger partial charge in [0.05, 0.1) is 0 Å². The molecule has 0 aliphatic carbocycles. The average Bonchev–Trinajstić information content (AvgIpc) is 2.81. The van der Waals surface area contributed by atoms with Gasteiger partial charge in [0.1, 0.15) is 11.5 Å². The summed E-state index contributed by atoms with van der Waals surface area (Å²) in [5, 5.41) is 2.91. The van der Waals surface area contributed by atoms with Crippen molar-refractivity contribution < 1.29 is 13.2 Å². The standard InChI is InChI=1S/C14H17F3N2/c15-9-6-12(16)14(13(17)7-9)18-10-3-5-19-4-1-2-11(19)8-10/h6-7,10-11,18H,1-5,8H2. The van der Waals surface area contributed by atoms with Crippen LogP contribution in [-0.4, -0.2) is 30.1 Å². The van der Waals surface area contributed by atoms with Gasteiger partial charge in [0.15, 0.2) is 11.6 Å². The number of halogens is 3. The summed E-state index contributed by atoms with van der Waals surface area (Å²) < 4.78 is 40.0. The number of rotatable bonds is 2. The molecule has 3 rings (SSSR count). The van der Waals surface area contributed by atoms with Crippen LogP contribution in [-0.2, 0) is 0 Å². The fourth-order valence-electron chi connectivity index (χ4n) is 3.24. The van der Waals surface area contributed by atoms with Crippen LogP contribution in [0.4, 0.5) is 18.9 Å². The van der Waals surface area contributed by atoms with Crippen LogP contribution in [0.25, 0.3) is 0 Å². The van der Waals surface area contributed by atoms with Crippen molar-refractivity contribution in [3.63, 3.8) is 0 Å². The van der Waals surface area contributed by atoms with Gasteiger partial charge in [-0.15, -0.1) is 0 Å². The Morgan fingerprint density at radius 1 is 1.05 bits per heavy atom. The van der Waals surface area contributed by atoms with E-state index < -0.39 is 17.5 Å². The van der Waals surface area contributed by atoms with E-state index in [1.807, 2.05) is 0 Å². The molecule has 0 aromatic heterocycles.